The summed E-state index contributed by atoms with van der Waals surface area (Å²) in [5, 5.41) is 5.23. The molecule has 5 heteroatoms. The number of rotatable bonds is 2. The minimum atomic E-state index is -0.226. The monoisotopic (exact) mass is 331 g/mol. The Bertz CT molecular complexity index is 845. The van der Waals surface area contributed by atoms with Crippen molar-refractivity contribution in [1.29, 1.82) is 0 Å². The Morgan fingerprint density at radius 3 is 2.52 bits per heavy atom. The quantitative estimate of drug-likeness (QED) is 0.764. The van der Waals surface area contributed by atoms with Gasteiger partial charge < -0.3 is 14.8 Å². The Hall–Kier alpha value is -2.04. The van der Waals surface area contributed by atoms with Crippen molar-refractivity contribution in [2.75, 3.05) is 31.1 Å². The molecular weight excluding hydrogens is 313 g/mol. The van der Waals surface area contributed by atoms with E-state index in [1.54, 1.807) is 12.1 Å². The Kier molecular flexibility index (Phi) is 3.71. The number of piperazine rings is 1. The number of fused-ring (bicyclic) bond motifs is 1. The maximum Gasteiger partial charge on any atom is 1.00 e. The van der Waals surface area contributed by atoms with Gasteiger partial charge in [-0.3, -0.25) is 0 Å². The lowest BCUT2D eigenvalue weighted by Gasteiger charge is -2.28. The fraction of sp³-hybridized carbons (Fsp3) is 0.222. The van der Waals surface area contributed by atoms with Crippen molar-refractivity contribution in [3.8, 4) is 5.69 Å². The molecule has 2 aromatic carbocycles. The van der Waals surface area contributed by atoms with Crippen LogP contribution in [0.15, 0.2) is 48.7 Å². The minimum Gasteiger partial charge on any atom is -0.367 e. The van der Waals surface area contributed by atoms with Crippen LogP contribution in [0.5, 0.6) is 0 Å². The van der Waals surface area contributed by atoms with E-state index in [1.807, 2.05) is 18.2 Å². The first-order valence-corrected chi connectivity index (χ1v) is 8.12. The number of benzene rings is 2. The van der Waals surface area contributed by atoms with Gasteiger partial charge in [-0.15, -0.1) is 0 Å². The predicted molar refractivity (Wildman–Crippen MR) is 95.5 cm³/mol. The van der Waals surface area contributed by atoms with Gasteiger partial charge in [-0.05, 0) is 42.5 Å². The van der Waals surface area contributed by atoms with Crippen molar-refractivity contribution in [3.63, 3.8) is 0 Å². The van der Waals surface area contributed by atoms with Crippen LogP contribution in [0.2, 0.25) is 5.02 Å². The lowest BCUT2D eigenvalue weighted by molar-refractivity contribution is 0.590. The SMILES string of the molecule is Fc1ccc(-n2cc(N3CCNCC3)c3cc(Cl)ccc32)cc1.[H+].[H+]. The largest absolute Gasteiger partial charge is 1.00 e. The van der Waals surface area contributed by atoms with Crippen LogP contribution in [-0.2, 0) is 0 Å². The number of hydrogen-bond acceptors (Lipinski definition) is 2. The van der Waals surface area contributed by atoms with Gasteiger partial charge in [-0.1, -0.05) is 11.6 Å². The minimum absolute atomic E-state index is 0. The zero-order chi connectivity index (χ0) is 15.8. The fourth-order valence-corrected chi connectivity index (χ4v) is 3.33. The van der Waals surface area contributed by atoms with Crippen LogP contribution in [0.25, 0.3) is 16.6 Å². The third-order valence-electron chi connectivity index (χ3n) is 4.31. The van der Waals surface area contributed by atoms with Gasteiger partial charge in [0.25, 0.3) is 0 Å². The normalized spacial score (nSPS) is 15.3. The van der Waals surface area contributed by atoms with Gasteiger partial charge in [0.1, 0.15) is 5.82 Å². The molecule has 0 spiro atoms. The van der Waals surface area contributed by atoms with Crippen LogP contribution in [-0.4, -0.2) is 30.7 Å². The van der Waals surface area contributed by atoms with E-state index in [4.69, 9.17) is 11.6 Å². The summed E-state index contributed by atoms with van der Waals surface area (Å²) in [4.78, 5) is 2.37. The molecule has 0 amide bonds. The highest BCUT2D eigenvalue weighted by atomic mass is 35.5. The van der Waals surface area contributed by atoms with E-state index in [0.717, 1.165) is 47.8 Å². The number of halogens is 2. The molecule has 1 fully saturated rings. The van der Waals surface area contributed by atoms with E-state index in [1.165, 1.54) is 17.8 Å². The summed E-state index contributed by atoms with van der Waals surface area (Å²) in [5.74, 6) is -0.226. The number of nitrogens with zero attached hydrogens (tertiary/aromatic N) is 2. The molecule has 1 aromatic heterocycles. The first kappa shape index (κ1) is 14.5. The Morgan fingerprint density at radius 1 is 1.04 bits per heavy atom. The van der Waals surface area contributed by atoms with E-state index >= 15 is 0 Å². The zero-order valence-corrected chi connectivity index (χ0v) is 13.4. The summed E-state index contributed by atoms with van der Waals surface area (Å²) in [6.07, 6.45) is 2.12. The third-order valence-corrected chi connectivity index (χ3v) is 4.54. The van der Waals surface area contributed by atoms with E-state index in [0.29, 0.717) is 0 Å². The van der Waals surface area contributed by atoms with Crippen molar-refractivity contribution in [1.82, 2.24) is 9.88 Å². The summed E-state index contributed by atoms with van der Waals surface area (Å²) < 4.78 is 15.3. The molecule has 0 unspecified atom stereocenters. The lowest BCUT2D eigenvalue weighted by Crippen LogP contribution is -2.43. The standard InChI is InChI=1S/C18H17ClFN3/c19-13-1-6-17-16(11-13)18(22-9-7-21-8-10-22)12-23(17)15-4-2-14(20)3-5-15/h1-6,11-12,21H,7-10H2/p+2. The summed E-state index contributed by atoms with van der Waals surface area (Å²) >= 11 is 6.22. The Balaban J connectivity index is 0.00000113. The summed E-state index contributed by atoms with van der Waals surface area (Å²) in [7, 11) is 0. The van der Waals surface area contributed by atoms with Crippen LogP contribution in [0.1, 0.15) is 2.85 Å². The van der Waals surface area contributed by atoms with Gasteiger partial charge in [-0.2, -0.15) is 0 Å². The number of nitrogens with one attached hydrogen (secondary N) is 1. The van der Waals surface area contributed by atoms with Gasteiger partial charge in [0.15, 0.2) is 0 Å². The number of hydrogen-bond donors (Lipinski definition) is 1. The molecule has 23 heavy (non-hydrogen) atoms. The van der Waals surface area contributed by atoms with Crippen LogP contribution in [0.4, 0.5) is 10.1 Å². The van der Waals surface area contributed by atoms with Crippen molar-refractivity contribution >= 4 is 28.2 Å². The number of anilines is 1. The summed E-state index contributed by atoms with van der Waals surface area (Å²) in [5.41, 5.74) is 3.20. The van der Waals surface area contributed by atoms with Gasteiger partial charge in [-0.25, -0.2) is 4.39 Å². The highest BCUT2D eigenvalue weighted by molar-refractivity contribution is 6.31. The van der Waals surface area contributed by atoms with Crippen LogP contribution in [0, 0.1) is 5.82 Å². The van der Waals surface area contributed by atoms with E-state index in [9.17, 15) is 4.39 Å². The maximum absolute atomic E-state index is 13.2. The molecule has 1 saturated heterocycles. The molecule has 0 saturated carbocycles. The van der Waals surface area contributed by atoms with Crippen molar-refractivity contribution in [3.05, 3.63) is 59.5 Å². The highest BCUT2D eigenvalue weighted by Crippen LogP contribution is 2.33. The topological polar surface area (TPSA) is 20.2 Å². The van der Waals surface area contributed by atoms with Gasteiger partial charge in [0.2, 0.25) is 0 Å². The molecule has 2 heterocycles. The van der Waals surface area contributed by atoms with E-state index < -0.39 is 0 Å². The zero-order valence-electron chi connectivity index (χ0n) is 14.6. The maximum atomic E-state index is 13.2. The molecule has 118 valence electrons. The van der Waals surface area contributed by atoms with Crippen molar-refractivity contribution in [2.45, 2.75) is 0 Å². The summed E-state index contributed by atoms with van der Waals surface area (Å²) in [6.45, 7) is 3.89. The molecule has 3 aromatic rings. The summed E-state index contributed by atoms with van der Waals surface area (Å²) in [6, 6.07) is 12.5. The second-order valence-electron chi connectivity index (χ2n) is 5.76. The Morgan fingerprint density at radius 2 is 1.78 bits per heavy atom. The molecule has 4 rings (SSSR count). The average Bonchev–Trinajstić information content (AvgIpc) is 2.95. The molecule has 1 aliphatic rings. The molecular formula is C18H19ClFN3+2. The smallest absolute Gasteiger partial charge is 0.367 e. The van der Waals surface area contributed by atoms with Gasteiger partial charge >= 0.3 is 2.85 Å². The van der Waals surface area contributed by atoms with Crippen LogP contribution >= 0.6 is 11.6 Å². The number of aromatic nitrogens is 1. The van der Waals surface area contributed by atoms with E-state index in [-0.39, 0.29) is 8.67 Å². The molecule has 0 radical (unpaired) electrons. The predicted octanol–water partition coefficient (Wildman–Crippen LogP) is 4.06. The lowest BCUT2D eigenvalue weighted by atomic mass is 10.2. The molecule has 3 nitrogen and oxygen atoms in total. The third kappa shape index (κ3) is 2.69. The molecule has 0 atom stereocenters. The molecule has 1 aliphatic heterocycles. The first-order chi connectivity index (χ1) is 11.2. The molecule has 0 bridgehead atoms. The second-order valence-corrected chi connectivity index (χ2v) is 6.20. The van der Waals surface area contributed by atoms with E-state index in [2.05, 4.69) is 21.0 Å². The highest BCUT2D eigenvalue weighted by Gasteiger charge is 2.17. The van der Waals surface area contributed by atoms with Crippen molar-refractivity contribution < 1.29 is 7.24 Å². The van der Waals surface area contributed by atoms with Gasteiger partial charge in [0.05, 0.1) is 11.2 Å². The fourth-order valence-electron chi connectivity index (χ4n) is 3.16. The van der Waals surface area contributed by atoms with Crippen LogP contribution < -0.4 is 10.2 Å². The molecule has 1 N–H and O–H groups in total. The average molecular weight is 332 g/mol. The molecule has 0 aliphatic carbocycles. The van der Waals surface area contributed by atoms with Crippen molar-refractivity contribution in [2.24, 2.45) is 0 Å². The van der Waals surface area contributed by atoms with Crippen LogP contribution in [0.3, 0.4) is 0 Å². The second kappa shape index (κ2) is 5.87. The van der Waals surface area contributed by atoms with Gasteiger partial charge in [0, 0.05) is 48.5 Å². The Labute approximate surface area is 142 Å². The first-order valence-electron chi connectivity index (χ1n) is 7.74.